The summed E-state index contributed by atoms with van der Waals surface area (Å²) in [6.07, 6.45) is 3.39. The molecule has 1 fully saturated rings. The first-order valence-corrected chi connectivity index (χ1v) is 13.1. The quantitative estimate of drug-likeness (QED) is 0.378. The minimum atomic E-state index is -0.550. The van der Waals surface area contributed by atoms with Crippen molar-refractivity contribution in [2.24, 2.45) is 5.41 Å². The van der Waals surface area contributed by atoms with E-state index in [0.29, 0.717) is 27.4 Å². The van der Waals surface area contributed by atoms with Gasteiger partial charge in [0.25, 0.3) is 17.7 Å². The van der Waals surface area contributed by atoms with E-state index in [1.807, 2.05) is 27.7 Å². The molecular weight excluding hydrogens is 491 g/mol. The molecule has 0 unspecified atom stereocenters. The first-order chi connectivity index (χ1) is 17.4. The van der Waals surface area contributed by atoms with Crippen LogP contribution >= 0.6 is 11.3 Å². The normalized spacial score (nSPS) is 14.1. The third-order valence-corrected chi connectivity index (χ3v) is 7.32. The second-order valence-corrected chi connectivity index (χ2v) is 11.4. The molecule has 3 aromatic rings. The molecule has 0 radical (unpaired) electrons. The molecule has 2 aromatic carbocycles. The first-order valence-electron chi connectivity index (χ1n) is 12.2. The minimum absolute atomic E-state index is 0.119. The van der Waals surface area contributed by atoms with Gasteiger partial charge in [-0.25, -0.2) is 9.37 Å². The van der Waals surface area contributed by atoms with Gasteiger partial charge in [0.2, 0.25) is 0 Å². The number of rotatable bonds is 7. The second-order valence-electron chi connectivity index (χ2n) is 10.5. The number of hydrogen-bond donors (Lipinski definition) is 3. The van der Waals surface area contributed by atoms with Gasteiger partial charge >= 0.3 is 0 Å². The van der Waals surface area contributed by atoms with Gasteiger partial charge < -0.3 is 10.6 Å². The predicted molar refractivity (Wildman–Crippen MR) is 144 cm³/mol. The molecule has 3 amide bonds. The molecule has 1 atom stereocenters. The Morgan fingerprint density at radius 3 is 2.38 bits per heavy atom. The highest BCUT2D eigenvalue weighted by Crippen LogP contribution is 2.32. The van der Waals surface area contributed by atoms with Crippen molar-refractivity contribution in [3.8, 4) is 11.1 Å². The largest absolute Gasteiger partial charge is 0.349 e. The summed E-state index contributed by atoms with van der Waals surface area (Å²) >= 11 is 1.26. The summed E-state index contributed by atoms with van der Waals surface area (Å²) in [5.74, 6) is -1.72. The van der Waals surface area contributed by atoms with Crippen molar-refractivity contribution in [1.82, 2.24) is 15.6 Å². The number of hydrogen-bond acceptors (Lipinski definition) is 5. The van der Waals surface area contributed by atoms with Crippen LogP contribution in [0.2, 0.25) is 0 Å². The average molecular weight is 523 g/mol. The summed E-state index contributed by atoms with van der Waals surface area (Å²) in [4.78, 5) is 43.2. The molecule has 7 nitrogen and oxygen atoms in total. The van der Waals surface area contributed by atoms with Gasteiger partial charge in [-0.05, 0) is 73.1 Å². The number of nitrogens with one attached hydrogen (secondary N) is 3. The Hall–Kier alpha value is -3.59. The highest BCUT2D eigenvalue weighted by atomic mass is 32.1. The van der Waals surface area contributed by atoms with Crippen LogP contribution < -0.4 is 16.0 Å². The van der Waals surface area contributed by atoms with E-state index in [4.69, 9.17) is 0 Å². The van der Waals surface area contributed by atoms with Crippen molar-refractivity contribution in [1.29, 1.82) is 0 Å². The van der Waals surface area contributed by atoms with Gasteiger partial charge in [0.05, 0.1) is 0 Å². The number of carbonyl (C=O) groups is 3. The molecule has 0 bridgehead atoms. The van der Waals surface area contributed by atoms with Crippen molar-refractivity contribution in [2.45, 2.75) is 59.5 Å². The molecule has 1 aromatic heterocycles. The fourth-order valence-corrected chi connectivity index (χ4v) is 4.16. The van der Waals surface area contributed by atoms with Crippen molar-refractivity contribution < 1.29 is 18.8 Å². The number of nitrogens with zero attached hydrogens (tertiary/aromatic N) is 1. The molecule has 1 aliphatic rings. The fraction of sp³-hybridized carbons (Fsp3) is 0.357. The zero-order valence-electron chi connectivity index (χ0n) is 21.6. The number of benzene rings is 2. The number of carbonyl (C=O) groups excluding carboxylic acids is 3. The zero-order chi connectivity index (χ0) is 26.9. The van der Waals surface area contributed by atoms with E-state index in [9.17, 15) is 18.8 Å². The first kappa shape index (κ1) is 26.5. The standard InChI is InChI=1S/C28H31FN4O3S/c1-15-21(13-18(14-23(15)29)25(35)32-19-7-8-19)20-9-6-17(24(34)31-16(2)28(3,4)5)12-22(20)26(36)33-27-30-10-11-37-27/h6,9-14,16,19H,7-8H2,1-5H3,(H,31,34)(H,32,35)(H,30,33,36)/t16-/m1/s1. The SMILES string of the molecule is Cc1c(F)cc(C(=O)NC2CC2)cc1-c1ccc(C(=O)N[C@H](C)C(C)(C)C)cc1C(=O)Nc1nccs1. The van der Waals surface area contributed by atoms with Crippen LogP contribution in [0.3, 0.4) is 0 Å². The van der Waals surface area contributed by atoms with Crippen LogP contribution in [0.15, 0.2) is 41.9 Å². The summed E-state index contributed by atoms with van der Waals surface area (Å²) in [6.45, 7) is 9.60. The number of amides is 3. The summed E-state index contributed by atoms with van der Waals surface area (Å²) in [6, 6.07) is 7.52. The fourth-order valence-electron chi connectivity index (χ4n) is 3.64. The van der Waals surface area contributed by atoms with Crippen molar-refractivity contribution >= 4 is 34.2 Å². The molecule has 194 valence electrons. The monoisotopic (exact) mass is 522 g/mol. The summed E-state index contributed by atoms with van der Waals surface area (Å²) < 4.78 is 15.0. The molecule has 3 N–H and O–H groups in total. The Kier molecular flexibility index (Phi) is 7.45. The van der Waals surface area contributed by atoms with Gasteiger partial charge in [-0.3, -0.25) is 19.7 Å². The Morgan fingerprint density at radius 1 is 1.03 bits per heavy atom. The third kappa shape index (κ3) is 6.22. The predicted octanol–water partition coefficient (Wildman–Crippen LogP) is 5.57. The summed E-state index contributed by atoms with van der Waals surface area (Å²) in [5, 5.41) is 10.7. The molecule has 0 saturated heterocycles. The van der Waals surface area contributed by atoms with Gasteiger partial charge in [0.1, 0.15) is 5.82 Å². The molecule has 9 heteroatoms. The van der Waals surface area contributed by atoms with E-state index in [0.717, 1.165) is 12.8 Å². The molecule has 1 aliphatic carbocycles. The lowest BCUT2D eigenvalue weighted by atomic mass is 9.87. The number of thiazole rings is 1. The third-order valence-electron chi connectivity index (χ3n) is 6.64. The number of anilines is 1. The maximum absolute atomic E-state index is 15.0. The zero-order valence-corrected chi connectivity index (χ0v) is 22.4. The molecule has 0 aliphatic heterocycles. The van der Waals surface area contributed by atoms with E-state index in [1.165, 1.54) is 23.5 Å². The van der Waals surface area contributed by atoms with Gasteiger partial charge in [-0.1, -0.05) is 26.8 Å². The Labute approximate surface area is 219 Å². The van der Waals surface area contributed by atoms with Crippen LogP contribution in [0.4, 0.5) is 9.52 Å². The van der Waals surface area contributed by atoms with Gasteiger partial charge in [0, 0.05) is 40.4 Å². The van der Waals surface area contributed by atoms with E-state index >= 15 is 0 Å². The Balaban J connectivity index is 1.77. The molecule has 0 spiro atoms. The van der Waals surface area contributed by atoms with Gasteiger partial charge in [0.15, 0.2) is 5.13 Å². The van der Waals surface area contributed by atoms with Crippen LogP contribution in [0.5, 0.6) is 0 Å². The van der Waals surface area contributed by atoms with Crippen molar-refractivity contribution in [2.75, 3.05) is 5.32 Å². The molecular formula is C28H31FN4O3S. The minimum Gasteiger partial charge on any atom is -0.349 e. The van der Waals surface area contributed by atoms with Gasteiger partial charge in [-0.2, -0.15) is 0 Å². The summed E-state index contributed by atoms with van der Waals surface area (Å²) in [7, 11) is 0. The maximum Gasteiger partial charge on any atom is 0.258 e. The van der Waals surface area contributed by atoms with Gasteiger partial charge in [-0.15, -0.1) is 11.3 Å². The van der Waals surface area contributed by atoms with E-state index < -0.39 is 11.7 Å². The second kappa shape index (κ2) is 10.4. The Morgan fingerprint density at radius 2 is 1.76 bits per heavy atom. The van der Waals surface area contributed by atoms with E-state index in [2.05, 4.69) is 20.9 Å². The lowest BCUT2D eigenvalue weighted by molar-refractivity contribution is 0.0908. The van der Waals surface area contributed by atoms with Crippen LogP contribution in [0, 0.1) is 18.2 Å². The maximum atomic E-state index is 15.0. The van der Waals surface area contributed by atoms with Crippen molar-refractivity contribution in [3.05, 3.63) is 70.0 Å². The lowest BCUT2D eigenvalue weighted by Gasteiger charge is -2.28. The lowest BCUT2D eigenvalue weighted by Crippen LogP contribution is -2.41. The highest BCUT2D eigenvalue weighted by molar-refractivity contribution is 7.13. The molecule has 1 saturated carbocycles. The van der Waals surface area contributed by atoms with Crippen LogP contribution in [0.25, 0.3) is 11.1 Å². The van der Waals surface area contributed by atoms with Crippen molar-refractivity contribution in [3.63, 3.8) is 0 Å². The van der Waals surface area contributed by atoms with Crippen LogP contribution in [-0.4, -0.2) is 34.8 Å². The van der Waals surface area contributed by atoms with Crippen LogP contribution in [0.1, 0.15) is 77.2 Å². The summed E-state index contributed by atoms with van der Waals surface area (Å²) in [5.41, 5.74) is 1.60. The molecule has 1 heterocycles. The van der Waals surface area contributed by atoms with Crippen LogP contribution in [-0.2, 0) is 0 Å². The van der Waals surface area contributed by atoms with E-state index in [1.54, 1.807) is 36.7 Å². The van der Waals surface area contributed by atoms with E-state index in [-0.39, 0.29) is 40.4 Å². The average Bonchev–Trinajstić information content (AvgIpc) is 3.51. The molecule has 37 heavy (non-hydrogen) atoms. The number of halogens is 1. The smallest absolute Gasteiger partial charge is 0.258 e. The number of aromatic nitrogens is 1. The topological polar surface area (TPSA) is 100 Å². The Bertz CT molecular complexity index is 1340. The molecule has 4 rings (SSSR count). The highest BCUT2D eigenvalue weighted by Gasteiger charge is 2.26.